The molecule has 0 aliphatic rings. The fourth-order valence-electron chi connectivity index (χ4n) is 2.70. The normalized spacial score (nSPS) is 10.9. The summed E-state index contributed by atoms with van der Waals surface area (Å²) in [5.74, 6) is -0.172. The van der Waals surface area contributed by atoms with Crippen molar-refractivity contribution in [1.29, 1.82) is 0 Å². The highest BCUT2D eigenvalue weighted by Crippen LogP contribution is 2.21. The van der Waals surface area contributed by atoms with Crippen LogP contribution in [0.15, 0.2) is 67.0 Å². The second-order valence-electron chi connectivity index (χ2n) is 5.99. The average molecular weight is 381 g/mol. The topological polar surface area (TPSA) is 50.5 Å². The van der Waals surface area contributed by atoms with Crippen molar-refractivity contribution >= 4 is 29.0 Å². The Labute approximate surface area is 159 Å². The first kappa shape index (κ1) is 17.2. The predicted octanol–water partition coefficient (Wildman–Crippen LogP) is 4.47. The van der Waals surface area contributed by atoms with Gasteiger partial charge in [0, 0.05) is 35.7 Å². The molecule has 1 amide bonds. The number of hydrogen-bond donors (Lipinski definition) is 0. The van der Waals surface area contributed by atoms with Gasteiger partial charge in [-0.1, -0.05) is 11.6 Å². The lowest BCUT2D eigenvalue weighted by atomic mass is 10.2. The molecular weight excluding hydrogens is 367 g/mol. The Morgan fingerprint density at radius 3 is 2.44 bits per heavy atom. The molecule has 5 nitrogen and oxygen atoms in total. The van der Waals surface area contributed by atoms with Crippen LogP contribution in [0.2, 0.25) is 5.02 Å². The minimum absolute atomic E-state index is 0.258. The molecule has 0 saturated carbocycles. The fourth-order valence-corrected chi connectivity index (χ4v) is 2.83. The Hall–Kier alpha value is -3.25. The highest BCUT2D eigenvalue weighted by atomic mass is 35.5. The Balaban J connectivity index is 1.65. The highest BCUT2D eigenvalue weighted by molar-refractivity contribution is 6.30. The smallest absolute Gasteiger partial charge is 0.276 e. The van der Waals surface area contributed by atoms with Crippen LogP contribution in [-0.4, -0.2) is 27.3 Å². The van der Waals surface area contributed by atoms with E-state index in [0.717, 1.165) is 5.56 Å². The van der Waals surface area contributed by atoms with Crippen LogP contribution in [0.1, 0.15) is 10.5 Å². The van der Waals surface area contributed by atoms with E-state index in [4.69, 9.17) is 11.6 Å². The van der Waals surface area contributed by atoms with Crippen LogP contribution in [0, 0.1) is 5.82 Å². The molecule has 4 rings (SSSR count). The average Bonchev–Trinajstić information content (AvgIpc) is 3.11. The number of carbonyl (C=O) groups is 1. The number of benzene rings is 2. The second-order valence-corrected chi connectivity index (χ2v) is 6.43. The van der Waals surface area contributed by atoms with Crippen LogP contribution in [0.4, 0.5) is 10.1 Å². The van der Waals surface area contributed by atoms with Crippen LogP contribution in [0.5, 0.6) is 0 Å². The van der Waals surface area contributed by atoms with Gasteiger partial charge in [-0.2, -0.15) is 0 Å². The van der Waals surface area contributed by atoms with Gasteiger partial charge in [0.2, 0.25) is 5.78 Å². The quantitative estimate of drug-likeness (QED) is 0.527. The monoisotopic (exact) mass is 380 g/mol. The molecule has 0 atom stereocenters. The van der Waals surface area contributed by atoms with Crippen LogP contribution in [0.25, 0.3) is 17.0 Å². The molecule has 0 aliphatic heterocycles. The molecule has 0 fully saturated rings. The van der Waals surface area contributed by atoms with E-state index in [1.54, 1.807) is 66.3 Å². The zero-order valence-electron chi connectivity index (χ0n) is 14.3. The number of halogens is 2. The molecule has 0 bridgehead atoms. The zero-order chi connectivity index (χ0) is 19.0. The maximum atomic E-state index is 13.1. The number of amides is 1. The number of carbonyl (C=O) groups excluding carboxylic acids is 1. The summed E-state index contributed by atoms with van der Waals surface area (Å²) in [6, 6.07) is 14.7. The van der Waals surface area contributed by atoms with Crippen LogP contribution >= 0.6 is 11.6 Å². The Kier molecular flexibility index (Phi) is 4.33. The van der Waals surface area contributed by atoms with Crippen LogP contribution in [-0.2, 0) is 0 Å². The summed E-state index contributed by atoms with van der Waals surface area (Å²) in [7, 11) is 1.67. The summed E-state index contributed by atoms with van der Waals surface area (Å²) in [6.07, 6.45) is 3.51. The van der Waals surface area contributed by atoms with Gasteiger partial charge in [0.1, 0.15) is 11.5 Å². The molecule has 7 heteroatoms. The first-order chi connectivity index (χ1) is 13.0. The Morgan fingerprint density at radius 1 is 1.04 bits per heavy atom. The maximum Gasteiger partial charge on any atom is 0.276 e. The van der Waals surface area contributed by atoms with Gasteiger partial charge in [-0.3, -0.25) is 9.20 Å². The molecule has 0 unspecified atom stereocenters. The van der Waals surface area contributed by atoms with Gasteiger partial charge in [-0.25, -0.2) is 14.4 Å². The summed E-state index contributed by atoms with van der Waals surface area (Å²) in [6.45, 7) is 0. The fraction of sp³-hybridized carbons (Fsp3) is 0.0500. The van der Waals surface area contributed by atoms with Gasteiger partial charge in [-0.15, -0.1) is 0 Å². The van der Waals surface area contributed by atoms with E-state index in [1.165, 1.54) is 17.0 Å². The summed E-state index contributed by atoms with van der Waals surface area (Å²) in [5, 5.41) is 0.602. The van der Waals surface area contributed by atoms with Gasteiger partial charge < -0.3 is 4.90 Å². The number of imidazole rings is 1. The van der Waals surface area contributed by atoms with Crippen LogP contribution < -0.4 is 4.90 Å². The lowest BCUT2D eigenvalue weighted by Crippen LogP contribution is -2.27. The third-order valence-corrected chi connectivity index (χ3v) is 4.46. The molecule has 2 aromatic heterocycles. The summed E-state index contributed by atoms with van der Waals surface area (Å²) in [5.41, 5.74) is 2.41. The standard InChI is InChI=1S/C20H14ClFN4O/c1-25(16-8-4-14(21)5-9-16)19(27)17-10-11-26-12-18(24-20(26)23-17)13-2-6-15(22)7-3-13/h2-12H,1H3. The van der Waals surface area contributed by atoms with Crippen molar-refractivity contribution in [2.45, 2.75) is 0 Å². The Bertz CT molecular complexity index is 1120. The second kappa shape index (κ2) is 6.81. The number of fused-ring (bicyclic) bond motifs is 1. The number of rotatable bonds is 3. The molecule has 0 radical (unpaired) electrons. The van der Waals surface area contributed by atoms with E-state index < -0.39 is 0 Å². The van der Waals surface area contributed by atoms with Crippen molar-refractivity contribution < 1.29 is 9.18 Å². The molecular formula is C20H14ClFN4O. The molecule has 0 aliphatic carbocycles. The zero-order valence-corrected chi connectivity index (χ0v) is 15.1. The molecule has 2 heterocycles. The third kappa shape index (κ3) is 3.39. The van der Waals surface area contributed by atoms with E-state index in [-0.39, 0.29) is 17.4 Å². The van der Waals surface area contributed by atoms with Crippen molar-refractivity contribution in [2.75, 3.05) is 11.9 Å². The van der Waals surface area contributed by atoms with Crippen molar-refractivity contribution in [3.63, 3.8) is 0 Å². The van der Waals surface area contributed by atoms with Crippen LogP contribution in [0.3, 0.4) is 0 Å². The number of anilines is 1. The molecule has 2 aromatic carbocycles. The van der Waals surface area contributed by atoms with Gasteiger partial charge in [0.15, 0.2) is 0 Å². The molecule has 27 heavy (non-hydrogen) atoms. The van der Waals surface area contributed by atoms with Gasteiger partial charge in [0.05, 0.1) is 5.69 Å². The van der Waals surface area contributed by atoms with Crippen molar-refractivity contribution in [2.24, 2.45) is 0 Å². The molecule has 4 aromatic rings. The van der Waals surface area contributed by atoms with Gasteiger partial charge in [0.25, 0.3) is 5.91 Å². The summed E-state index contributed by atoms with van der Waals surface area (Å²) >= 11 is 5.89. The van der Waals surface area contributed by atoms with E-state index in [2.05, 4.69) is 9.97 Å². The molecule has 134 valence electrons. The first-order valence-electron chi connectivity index (χ1n) is 8.16. The lowest BCUT2D eigenvalue weighted by Gasteiger charge is -2.16. The van der Waals surface area contributed by atoms with Crippen molar-refractivity contribution in [1.82, 2.24) is 14.4 Å². The number of aromatic nitrogens is 3. The minimum Gasteiger partial charge on any atom is -0.310 e. The number of nitrogens with zero attached hydrogens (tertiary/aromatic N) is 4. The van der Waals surface area contributed by atoms with Gasteiger partial charge in [-0.05, 0) is 54.6 Å². The molecule has 0 N–H and O–H groups in total. The van der Waals surface area contributed by atoms with E-state index in [1.807, 2.05) is 0 Å². The van der Waals surface area contributed by atoms with E-state index in [0.29, 0.717) is 22.2 Å². The predicted molar refractivity (Wildman–Crippen MR) is 103 cm³/mol. The SMILES string of the molecule is CN(C(=O)c1ccn2cc(-c3ccc(F)cc3)nc2n1)c1ccc(Cl)cc1. The van der Waals surface area contributed by atoms with E-state index >= 15 is 0 Å². The van der Waals surface area contributed by atoms with Gasteiger partial charge >= 0.3 is 0 Å². The minimum atomic E-state index is -0.307. The molecule has 0 saturated heterocycles. The third-order valence-electron chi connectivity index (χ3n) is 4.20. The molecule has 0 spiro atoms. The summed E-state index contributed by atoms with van der Waals surface area (Å²) in [4.78, 5) is 23.0. The summed E-state index contributed by atoms with van der Waals surface area (Å²) < 4.78 is 14.8. The lowest BCUT2D eigenvalue weighted by molar-refractivity contribution is 0.0988. The highest BCUT2D eigenvalue weighted by Gasteiger charge is 2.16. The van der Waals surface area contributed by atoms with Crippen molar-refractivity contribution in [3.8, 4) is 11.3 Å². The number of hydrogen-bond acceptors (Lipinski definition) is 3. The maximum absolute atomic E-state index is 13.1. The van der Waals surface area contributed by atoms with E-state index in [9.17, 15) is 9.18 Å². The largest absolute Gasteiger partial charge is 0.310 e. The van der Waals surface area contributed by atoms with Crippen molar-refractivity contribution in [3.05, 3.63) is 83.5 Å². The Morgan fingerprint density at radius 2 is 1.74 bits per heavy atom. The first-order valence-corrected chi connectivity index (χ1v) is 8.54.